The van der Waals surface area contributed by atoms with Gasteiger partial charge in [-0.05, 0) is 30.9 Å². The number of amides is 1. The zero-order valence-corrected chi connectivity index (χ0v) is 9.97. The Morgan fingerprint density at radius 1 is 1.65 bits per heavy atom. The van der Waals surface area contributed by atoms with Crippen LogP contribution in [0.4, 0.5) is 5.69 Å². The summed E-state index contributed by atoms with van der Waals surface area (Å²) in [6.07, 6.45) is 4.08. The van der Waals surface area contributed by atoms with Crippen LogP contribution in [-0.2, 0) is 0 Å². The minimum absolute atomic E-state index is 0.293. The van der Waals surface area contributed by atoms with Crippen LogP contribution in [0.25, 0.3) is 0 Å². The van der Waals surface area contributed by atoms with E-state index in [2.05, 4.69) is 9.88 Å². The van der Waals surface area contributed by atoms with E-state index in [1.165, 1.54) is 12.8 Å². The number of hydrogen-bond acceptors (Lipinski definition) is 4. The van der Waals surface area contributed by atoms with Gasteiger partial charge >= 0.3 is 0 Å². The molecule has 1 aromatic heterocycles. The topological polar surface area (TPSA) is 85.2 Å². The number of hydrogen-bond donors (Lipinski definition) is 2. The molecular weight excluding hydrogens is 216 g/mol. The predicted octanol–water partition coefficient (Wildman–Crippen LogP) is 0.354. The summed E-state index contributed by atoms with van der Waals surface area (Å²) in [4.78, 5) is 17.1. The van der Waals surface area contributed by atoms with Gasteiger partial charge in [0, 0.05) is 31.5 Å². The minimum atomic E-state index is -0.504. The van der Waals surface area contributed by atoms with Crippen LogP contribution in [0.15, 0.2) is 18.3 Å². The highest BCUT2D eigenvalue weighted by Crippen LogP contribution is 2.36. The molecule has 1 fully saturated rings. The van der Waals surface area contributed by atoms with E-state index in [0.717, 1.165) is 5.69 Å². The van der Waals surface area contributed by atoms with E-state index in [4.69, 9.17) is 11.5 Å². The molecule has 0 spiro atoms. The Hall–Kier alpha value is -1.62. The molecule has 5 nitrogen and oxygen atoms in total. The Kier molecular flexibility index (Phi) is 3.28. The fourth-order valence-corrected chi connectivity index (χ4v) is 2.11. The highest BCUT2D eigenvalue weighted by molar-refractivity contribution is 5.91. The molecule has 0 bridgehead atoms. The first kappa shape index (κ1) is 11.9. The van der Waals surface area contributed by atoms with Gasteiger partial charge in [-0.3, -0.25) is 9.78 Å². The maximum absolute atomic E-state index is 11.1. The summed E-state index contributed by atoms with van der Waals surface area (Å²) in [5.74, 6) is 0.172. The molecule has 1 heterocycles. The summed E-state index contributed by atoms with van der Waals surface area (Å²) in [6, 6.07) is 3.92. The normalized spacial score (nSPS) is 16.6. The zero-order chi connectivity index (χ0) is 12.4. The Balaban J connectivity index is 2.20. The lowest BCUT2D eigenvalue weighted by atomic mass is 10.1. The lowest BCUT2D eigenvalue weighted by molar-refractivity contribution is 0.0995. The van der Waals surface area contributed by atoms with Crippen LogP contribution < -0.4 is 16.4 Å². The second kappa shape index (κ2) is 4.71. The van der Waals surface area contributed by atoms with Gasteiger partial charge in [-0.1, -0.05) is 0 Å². The number of pyridine rings is 1. The van der Waals surface area contributed by atoms with Crippen molar-refractivity contribution in [3.63, 3.8) is 0 Å². The third kappa shape index (κ3) is 2.55. The molecule has 0 aliphatic heterocycles. The van der Waals surface area contributed by atoms with Gasteiger partial charge in [0.15, 0.2) is 0 Å². The van der Waals surface area contributed by atoms with Crippen molar-refractivity contribution in [2.75, 3.05) is 18.5 Å². The quantitative estimate of drug-likeness (QED) is 0.770. The molecule has 17 heavy (non-hydrogen) atoms. The van der Waals surface area contributed by atoms with Crippen LogP contribution >= 0.6 is 0 Å². The van der Waals surface area contributed by atoms with Gasteiger partial charge in [0.2, 0.25) is 0 Å². The molecule has 92 valence electrons. The van der Waals surface area contributed by atoms with Gasteiger partial charge in [-0.15, -0.1) is 0 Å². The highest BCUT2D eigenvalue weighted by atomic mass is 16.1. The first-order valence-corrected chi connectivity index (χ1v) is 5.82. The minimum Gasteiger partial charge on any atom is -0.370 e. The molecule has 0 aromatic carbocycles. The molecular formula is C12H18N4O. The maximum Gasteiger partial charge on any atom is 0.267 e. The first-order valence-electron chi connectivity index (χ1n) is 5.82. The van der Waals surface area contributed by atoms with Crippen molar-refractivity contribution in [3.8, 4) is 0 Å². The van der Waals surface area contributed by atoms with E-state index in [-0.39, 0.29) is 0 Å². The summed E-state index contributed by atoms with van der Waals surface area (Å²) in [7, 11) is 2.00. The van der Waals surface area contributed by atoms with Gasteiger partial charge in [0.25, 0.3) is 5.91 Å². The fraction of sp³-hybridized carbons (Fsp3) is 0.500. The van der Waals surface area contributed by atoms with Gasteiger partial charge in [0.1, 0.15) is 5.69 Å². The van der Waals surface area contributed by atoms with Crippen molar-refractivity contribution >= 4 is 11.6 Å². The number of aromatic nitrogens is 1. The Morgan fingerprint density at radius 3 is 2.88 bits per heavy atom. The summed E-state index contributed by atoms with van der Waals surface area (Å²) >= 11 is 0. The third-order valence-corrected chi connectivity index (χ3v) is 3.31. The Bertz CT molecular complexity index is 417. The standard InChI is InChI=1S/C12H18N4O/c1-16(11(7-13)8-2-3-8)9-4-5-15-10(6-9)12(14)17/h4-6,8,11H,2-3,7,13H2,1H3,(H2,14,17). The summed E-state index contributed by atoms with van der Waals surface area (Å²) < 4.78 is 0. The lowest BCUT2D eigenvalue weighted by Gasteiger charge is -2.29. The molecule has 0 radical (unpaired) electrons. The van der Waals surface area contributed by atoms with Gasteiger partial charge in [0.05, 0.1) is 0 Å². The van der Waals surface area contributed by atoms with Crippen LogP contribution in [0.3, 0.4) is 0 Å². The van der Waals surface area contributed by atoms with Crippen LogP contribution in [0.1, 0.15) is 23.3 Å². The number of likely N-dealkylation sites (N-methyl/N-ethyl adjacent to an activating group) is 1. The van der Waals surface area contributed by atoms with E-state index >= 15 is 0 Å². The summed E-state index contributed by atoms with van der Waals surface area (Å²) in [6.45, 7) is 0.620. The Morgan fingerprint density at radius 2 is 2.35 bits per heavy atom. The van der Waals surface area contributed by atoms with Crippen molar-refractivity contribution in [3.05, 3.63) is 24.0 Å². The average Bonchev–Trinajstić information content (AvgIpc) is 3.14. The second-order valence-electron chi connectivity index (χ2n) is 4.51. The van der Waals surface area contributed by atoms with E-state index in [1.807, 2.05) is 13.1 Å². The van der Waals surface area contributed by atoms with Crippen LogP contribution in [0.2, 0.25) is 0 Å². The number of nitrogens with zero attached hydrogens (tertiary/aromatic N) is 2. The highest BCUT2D eigenvalue weighted by Gasteiger charge is 2.33. The van der Waals surface area contributed by atoms with Crippen molar-refractivity contribution in [2.45, 2.75) is 18.9 Å². The Labute approximate surface area is 101 Å². The number of carbonyl (C=O) groups excluding carboxylic acids is 1. The molecule has 4 N–H and O–H groups in total. The second-order valence-corrected chi connectivity index (χ2v) is 4.51. The SMILES string of the molecule is CN(c1ccnc(C(N)=O)c1)C(CN)C1CC1. The van der Waals surface area contributed by atoms with Crippen molar-refractivity contribution in [2.24, 2.45) is 17.4 Å². The van der Waals surface area contributed by atoms with Gasteiger partial charge in [-0.25, -0.2) is 0 Å². The summed E-state index contributed by atoms with van der Waals surface area (Å²) in [5.41, 5.74) is 12.3. The molecule has 1 atom stereocenters. The maximum atomic E-state index is 11.1. The third-order valence-electron chi connectivity index (χ3n) is 3.31. The van der Waals surface area contributed by atoms with Crippen LogP contribution in [0.5, 0.6) is 0 Å². The lowest BCUT2D eigenvalue weighted by Crippen LogP contribution is -2.39. The van der Waals surface area contributed by atoms with E-state index in [9.17, 15) is 4.79 Å². The molecule has 0 saturated heterocycles. The molecule has 1 aliphatic rings. The number of anilines is 1. The smallest absolute Gasteiger partial charge is 0.267 e. The van der Waals surface area contributed by atoms with E-state index in [1.54, 1.807) is 12.3 Å². The van der Waals surface area contributed by atoms with Gasteiger partial charge in [-0.2, -0.15) is 0 Å². The predicted molar refractivity (Wildman–Crippen MR) is 66.7 cm³/mol. The monoisotopic (exact) mass is 234 g/mol. The molecule has 1 unspecified atom stereocenters. The molecule has 2 rings (SSSR count). The number of carbonyl (C=O) groups is 1. The average molecular weight is 234 g/mol. The van der Waals surface area contributed by atoms with E-state index < -0.39 is 5.91 Å². The molecule has 1 aromatic rings. The zero-order valence-electron chi connectivity index (χ0n) is 9.97. The van der Waals surface area contributed by atoms with Crippen LogP contribution in [0, 0.1) is 5.92 Å². The number of primary amides is 1. The number of nitrogens with two attached hydrogens (primary N) is 2. The van der Waals surface area contributed by atoms with Crippen molar-refractivity contribution in [1.82, 2.24) is 4.98 Å². The van der Waals surface area contributed by atoms with E-state index in [0.29, 0.717) is 24.2 Å². The summed E-state index contributed by atoms with van der Waals surface area (Å²) in [5, 5.41) is 0. The van der Waals surface area contributed by atoms with Crippen molar-refractivity contribution in [1.29, 1.82) is 0 Å². The largest absolute Gasteiger partial charge is 0.370 e. The van der Waals surface area contributed by atoms with Crippen LogP contribution in [-0.4, -0.2) is 30.5 Å². The molecule has 1 aliphatic carbocycles. The molecule has 5 heteroatoms. The first-order chi connectivity index (χ1) is 8.13. The molecule has 1 amide bonds. The van der Waals surface area contributed by atoms with Crippen molar-refractivity contribution < 1.29 is 4.79 Å². The number of rotatable bonds is 5. The molecule has 1 saturated carbocycles. The van der Waals surface area contributed by atoms with Gasteiger partial charge < -0.3 is 16.4 Å². The fourth-order valence-electron chi connectivity index (χ4n) is 2.11.